The molecule has 1 atom stereocenters. The first-order valence-corrected chi connectivity index (χ1v) is 14.4. The van der Waals surface area contributed by atoms with Crippen LogP contribution in [0.25, 0.3) is 10.9 Å². The molecule has 204 valence electrons. The molecule has 1 N–H and O–H groups in total. The normalized spacial score (nSPS) is 12.5. The highest BCUT2D eigenvalue weighted by atomic mass is 79.9. The minimum atomic E-state index is -0.521. The highest BCUT2D eigenvalue weighted by Gasteiger charge is 2.23. The summed E-state index contributed by atoms with van der Waals surface area (Å²) in [6.45, 7) is 9.62. The van der Waals surface area contributed by atoms with Crippen molar-refractivity contribution in [1.82, 2.24) is 25.0 Å². The van der Waals surface area contributed by atoms with Gasteiger partial charge in [-0.05, 0) is 60.9 Å². The van der Waals surface area contributed by atoms with Gasteiger partial charge in [0.2, 0.25) is 5.95 Å². The summed E-state index contributed by atoms with van der Waals surface area (Å²) in [7, 11) is 0. The lowest BCUT2D eigenvalue weighted by Gasteiger charge is -2.22. The predicted octanol–water partition coefficient (Wildman–Crippen LogP) is 7.20. The van der Waals surface area contributed by atoms with Crippen molar-refractivity contribution in [3.8, 4) is 6.07 Å². The molecule has 0 aliphatic rings. The van der Waals surface area contributed by atoms with Gasteiger partial charge in [0.15, 0.2) is 0 Å². The van der Waals surface area contributed by atoms with Gasteiger partial charge in [0.05, 0.1) is 27.5 Å². The Morgan fingerprint density at radius 2 is 2.03 bits per heavy atom. The fourth-order valence-electron chi connectivity index (χ4n) is 4.53. The van der Waals surface area contributed by atoms with Crippen LogP contribution in [0.15, 0.2) is 36.7 Å². The Morgan fingerprint density at radius 1 is 1.23 bits per heavy atom. The molecule has 10 heteroatoms. The number of unbranched alkanes of at least 4 members (excludes halogenated alkanes) is 1. The van der Waals surface area contributed by atoms with Gasteiger partial charge in [0.25, 0.3) is 0 Å². The van der Waals surface area contributed by atoms with E-state index < -0.39 is 5.95 Å². The first kappa shape index (κ1) is 28.9. The molecule has 4 rings (SSSR count). The van der Waals surface area contributed by atoms with E-state index in [1.807, 2.05) is 23.0 Å². The van der Waals surface area contributed by atoms with Crippen LogP contribution >= 0.6 is 27.5 Å². The molecule has 3 aromatic heterocycles. The molecule has 0 aliphatic heterocycles. The second-order valence-electron chi connectivity index (χ2n) is 10.9. The van der Waals surface area contributed by atoms with Gasteiger partial charge in [0.1, 0.15) is 6.07 Å². The number of hydrogen-bond donors (Lipinski definition) is 1. The molecule has 4 aromatic rings. The lowest BCUT2D eigenvalue weighted by molar-refractivity contribution is 0.443. The minimum absolute atomic E-state index is 0.00225. The third-order valence-electron chi connectivity index (χ3n) is 6.49. The Balaban J connectivity index is 1.78. The highest BCUT2D eigenvalue weighted by molar-refractivity contribution is 9.09. The van der Waals surface area contributed by atoms with Crippen molar-refractivity contribution in [2.75, 3.05) is 17.2 Å². The smallest absolute Gasteiger partial charge is 0.213 e. The number of fused-ring (bicyclic) bond motifs is 1. The third-order valence-corrected chi connectivity index (χ3v) is 7.34. The molecule has 0 bridgehead atoms. The number of nitrogens with one attached hydrogen (secondary N) is 1. The maximum absolute atomic E-state index is 13.9. The molecule has 0 spiro atoms. The minimum Gasteiger partial charge on any atom is -0.383 e. The number of nitriles is 1. The van der Waals surface area contributed by atoms with Crippen molar-refractivity contribution in [1.29, 1.82) is 5.26 Å². The molecule has 0 aliphatic carbocycles. The molecule has 39 heavy (non-hydrogen) atoms. The van der Waals surface area contributed by atoms with Crippen molar-refractivity contribution in [3.63, 3.8) is 0 Å². The number of pyridine rings is 2. The average molecular weight is 613 g/mol. The van der Waals surface area contributed by atoms with Gasteiger partial charge in [-0.25, -0.2) is 4.98 Å². The molecule has 7 nitrogen and oxygen atoms in total. The Labute approximate surface area is 241 Å². The van der Waals surface area contributed by atoms with Crippen molar-refractivity contribution < 1.29 is 4.39 Å². The fourth-order valence-corrected chi connectivity index (χ4v) is 5.22. The molecular weight excluding hydrogens is 581 g/mol. The zero-order valence-corrected chi connectivity index (χ0v) is 24.9. The number of alkyl halides is 1. The number of nitrogens with zero attached hydrogens (tertiary/aromatic N) is 6. The Morgan fingerprint density at radius 3 is 2.72 bits per heavy atom. The van der Waals surface area contributed by atoms with Gasteiger partial charge in [-0.1, -0.05) is 59.6 Å². The molecule has 0 saturated heterocycles. The summed E-state index contributed by atoms with van der Waals surface area (Å²) in [4.78, 5) is 8.55. The summed E-state index contributed by atoms with van der Waals surface area (Å²) < 4.78 is 15.8. The van der Waals surface area contributed by atoms with E-state index in [0.717, 1.165) is 52.6 Å². The summed E-state index contributed by atoms with van der Waals surface area (Å²) in [6, 6.07) is 9.32. The van der Waals surface area contributed by atoms with Gasteiger partial charge < -0.3 is 5.32 Å². The van der Waals surface area contributed by atoms with Gasteiger partial charge in [0, 0.05) is 47.8 Å². The average Bonchev–Trinajstić information content (AvgIpc) is 3.34. The van der Waals surface area contributed by atoms with E-state index in [2.05, 4.69) is 68.4 Å². The Bertz CT molecular complexity index is 1510. The maximum atomic E-state index is 13.9. The second-order valence-corrected chi connectivity index (χ2v) is 12.1. The quantitative estimate of drug-likeness (QED) is 0.116. The van der Waals surface area contributed by atoms with Gasteiger partial charge in [-0.2, -0.15) is 9.65 Å². The fraction of sp³-hybridized carbons (Fsp3) is 0.414. The summed E-state index contributed by atoms with van der Waals surface area (Å²) in [5.74, 6) is -0.749. The standard InChI is InChI=1S/C29H32BrClFN7/c1-18-21(7-8-26(32)36-18)22(25-16-39(38-37-25)10-6-5-9-30)11-19-12-23-27(35-17-29(2,3)4)20(14-33)15-34-28(23)24(31)13-19/h7-8,12-13,15-16,22H,5-6,9-11,17H2,1-4H3,(H,34,35)/t22-/m0/s1. The summed E-state index contributed by atoms with van der Waals surface area (Å²) in [5.41, 5.74) is 4.99. The SMILES string of the molecule is Cc1nc(F)ccc1[C@H](Cc1cc(Cl)c2ncc(C#N)c(NCC(C)(C)C)c2c1)c1cn(CCCCBr)nn1. The number of aromatic nitrogens is 5. The van der Waals surface area contributed by atoms with Crippen LogP contribution in [0.3, 0.4) is 0 Å². The second kappa shape index (κ2) is 12.4. The Hall–Kier alpha value is -3.09. The third kappa shape index (κ3) is 7.11. The summed E-state index contributed by atoms with van der Waals surface area (Å²) in [6.07, 6.45) is 6.06. The van der Waals surface area contributed by atoms with E-state index in [4.69, 9.17) is 11.6 Å². The number of rotatable bonds is 10. The molecule has 3 heterocycles. The van der Waals surface area contributed by atoms with E-state index in [1.54, 1.807) is 19.2 Å². The molecule has 0 radical (unpaired) electrons. The number of aryl methyl sites for hydroxylation is 2. The van der Waals surface area contributed by atoms with Crippen LogP contribution in [0.2, 0.25) is 5.02 Å². The van der Waals surface area contributed by atoms with Crippen molar-refractivity contribution in [2.45, 2.75) is 59.4 Å². The van der Waals surface area contributed by atoms with E-state index in [0.29, 0.717) is 34.8 Å². The topological polar surface area (TPSA) is 92.3 Å². The van der Waals surface area contributed by atoms with Crippen LogP contribution in [0, 0.1) is 29.6 Å². The Kier molecular flexibility index (Phi) is 9.19. The van der Waals surface area contributed by atoms with Crippen LogP contribution in [-0.2, 0) is 13.0 Å². The van der Waals surface area contributed by atoms with E-state index in [-0.39, 0.29) is 11.3 Å². The van der Waals surface area contributed by atoms with Gasteiger partial charge in [-0.3, -0.25) is 9.67 Å². The van der Waals surface area contributed by atoms with Crippen LogP contribution in [0.4, 0.5) is 10.1 Å². The van der Waals surface area contributed by atoms with Crippen LogP contribution < -0.4 is 5.32 Å². The monoisotopic (exact) mass is 611 g/mol. The van der Waals surface area contributed by atoms with Crippen molar-refractivity contribution >= 4 is 44.1 Å². The zero-order chi connectivity index (χ0) is 28.2. The lowest BCUT2D eigenvalue weighted by atomic mass is 9.88. The van der Waals surface area contributed by atoms with Crippen molar-refractivity contribution in [3.05, 3.63) is 75.7 Å². The zero-order valence-electron chi connectivity index (χ0n) is 22.6. The van der Waals surface area contributed by atoms with Crippen molar-refractivity contribution in [2.24, 2.45) is 5.41 Å². The molecule has 0 saturated carbocycles. The number of hydrogen-bond acceptors (Lipinski definition) is 6. The van der Waals surface area contributed by atoms with Crippen LogP contribution in [0.1, 0.15) is 67.6 Å². The molecular formula is C29H32BrClFN7. The van der Waals surface area contributed by atoms with Gasteiger partial charge >= 0.3 is 0 Å². The molecule has 0 fully saturated rings. The molecule has 0 unspecified atom stereocenters. The number of halogens is 3. The maximum Gasteiger partial charge on any atom is 0.213 e. The van der Waals surface area contributed by atoms with E-state index in [9.17, 15) is 9.65 Å². The van der Waals surface area contributed by atoms with Gasteiger partial charge in [-0.15, -0.1) is 5.10 Å². The number of anilines is 1. The lowest BCUT2D eigenvalue weighted by Crippen LogP contribution is -2.19. The summed E-state index contributed by atoms with van der Waals surface area (Å²) >= 11 is 10.2. The highest BCUT2D eigenvalue weighted by Crippen LogP contribution is 2.35. The van der Waals surface area contributed by atoms with E-state index in [1.165, 1.54) is 6.07 Å². The molecule has 1 aromatic carbocycles. The first-order valence-electron chi connectivity index (χ1n) is 12.9. The van der Waals surface area contributed by atoms with Crippen LogP contribution in [0.5, 0.6) is 0 Å². The largest absolute Gasteiger partial charge is 0.383 e. The molecule has 0 amide bonds. The van der Waals surface area contributed by atoms with E-state index >= 15 is 0 Å². The first-order chi connectivity index (χ1) is 18.6. The summed E-state index contributed by atoms with van der Waals surface area (Å²) in [5, 5.41) is 24.3. The predicted molar refractivity (Wildman–Crippen MR) is 157 cm³/mol. The number of benzene rings is 1. The van der Waals surface area contributed by atoms with Crippen LogP contribution in [-0.4, -0.2) is 36.8 Å².